The lowest BCUT2D eigenvalue weighted by Crippen LogP contribution is -2.19. The number of nitrogens with zero attached hydrogens (tertiary/aromatic N) is 2. The number of rotatable bonds is 3. The van der Waals surface area contributed by atoms with Crippen LogP contribution >= 0.6 is 0 Å². The van der Waals surface area contributed by atoms with Crippen molar-refractivity contribution in [2.75, 3.05) is 0 Å². The lowest BCUT2D eigenvalue weighted by molar-refractivity contribution is 0.498. The molecule has 0 fully saturated rings. The normalized spacial score (nSPS) is 15.9. The van der Waals surface area contributed by atoms with E-state index in [9.17, 15) is 8.78 Å². The van der Waals surface area contributed by atoms with Crippen molar-refractivity contribution in [3.05, 3.63) is 53.1 Å². The van der Waals surface area contributed by atoms with Crippen molar-refractivity contribution in [3.63, 3.8) is 0 Å². The van der Waals surface area contributed by atoms with Crippen LogP contribution in [0.2, 0.25) is 0 Å². The van der Waals surface area contributed by atoms with E-state index in [1.807, 2.05) is 4.57 Å². The minimum atomic E-state index is -0.856. The minimum absolute atomic E-state index is 0.370. The molecule has 1 unspecified atom stereocenters. The summed E-state index contributed by atoms with van der Waals surface area (Å²) in [6, 6.07) is 3.45. The first-order valence-electron chi connectivity index (χ1n) is 6.88. The van der Waals surface area contributed by atoms with Gasteiger partial charge in [0.2, 0.25) is 0 Å². The van der Waals surface area contributed by atoms with Gasteiger partial charge in [-0.1, -0.05) is 6.07 Å². The molecular weight excluding hydrogens is 260 g/mol. The van der Waals surface area contributed by atoms with E-state index in [0.717, 1.165) is 24.6 Å². The molecule has 5 heteroatoms. The van der Waals surface area contributed by atoms with Crippen molar-refractivity contribution in [2.24, 2.45) is 5.73 Å². The molecule has 0 bridgehead atoms. The fourth-order valence-electron chi connectivity index (χ4n) is 2.75. The molecule has 1 aliphatic carbocycles. The Bertz CT molecular complexity index is 622. The molecule has 1 heterocycles. The van der Waals surface area contributed by atoms with Gasteiger partial charge in [0.1, 0.15) is 0 Å². The van der Waals surface area contributed by atoms with Gasteiger partial charge in [0, 0.05) is 18.3 Å². The number of aromatic nitrogens is 2. The Kier molecular flexibility index (Phi) is 3.53. The molecule has 20 heavy (non-hydrogen) atoms. The summed E-state index contributed by atoms with van der Waals surface area (Å²) in [6.45, 7) is 0.535. The number of aryl methyl sites for hydroxylation is 1. The van der Waals surface area contributed by atoms with Crippen molar-refractivity contribution in [1.82, 2.24) is 9.55 Å². The highest BCUT2D eigenvalue weighted by atomic mass is 19.2. The predicted molar refractivity (Wildman–Crippen MR) is 72.2 cm³/mol. The molecule has 1 aromatic heterocycles. The molecule has 2 N–H and O–H groups in total. The molecule has 1 aromatic carbocycles. The summed E-state index contributed by atoms with van der Waals surface area (Å²) in [5.41, 5.74) is 9.08. The van der Waals surface area contributed by atoms with E-state index in [1.54, 1.807) is 6.33 Å². The van der Waals surface area contributed by atoms with E-state index in [2.05, 4.69) is 4.98 Å². The standard InChI is InChI=1S/C15H17F2N3/c16-11-6-5-10(7-12(11)17)13(18)8-20-9-19-14-3-1-2-4-15(14)20/h5-7,9,13H,1-4,8,18H2. The number of hydrogen-bond acceptors (Lipinski definition) is 2. The number of benzene rings is 1. The smallest absolute Gasteiger partial charge is 0.159 e. The second-order valence-corrected chi connectivity index (χ2v) is 5.28. The lowest BCUT2D eigenvalue weighted by atomic mass is 10.0. The minimum Gasteiger partial charge on any atom is -0.332 e. The molecule has 0 amide bonds. The van der Waals surface area contributed by atoms with Gasteiger partial charge in [0.25, 0.3) is 0 Å². The molecule has 2 aromatic rings. The van der Waals surface area contributed by atoms with Crippen LogP contribution in [0.25, 0.3) is 0 Å². The molecular formula is C15H17F2N3. The zero-order chi connectivity index (χ0) is 14.1. The summed E-state index contributed by atoms with van der Waals surface area (Å²) in [7, 11) is 0. The topological polar surface area (TPSA) is 43.8 Å². The van der Waals surface area contributed by atoms with Gasteiger partial charge in [-0.15, -0.1) is 0 Å². The molecule has 1 atom stereocenters. The second-order valence-electron chi connectivity index (χ2n) is 5.28. The summed E-state index contributed by atoms with van der Waals surface area (Å²) in [4.78, 5) is 4.41. The van der Waals surface area contributed by atoms with Gasteiger partial charge in [-0.2, -0.15) is 0 Å². The molecule has 0 spiro atoms. The van der Waals surface area contributed by atoms with Gasteiger partial charge in [0.05, 0.1) is 12.0 Å². The molecule has 0 saturated carbocycles. The SMILES string of the molecule is NC(Cn1cnc2c1CCCC2)c1ccc(F)c(F)c1. The van der Waals surface area contributed by atoms with Crippen LogP contribution in [-0.4, -0.2) is 9.55 Å². The monoisotopic (exact) mass is 277 g/mol. The van der Waals surface area contributed by atoms with Crippen molar-refractivity contribution >= 4 is 0 Å². The summed E-state index contributed by atoms with van der Waals surface area (Å²) >= 11 is 0. The van der Waals surface area contributed by atoms with E-state index in [0.29, 0.717) is 12.1 Å². The third-order valence-electron chi connectivity index (χ3n) is 3.88. The summed E-state index contributed by atoms with van der Waals surface area (Å²) in [5, 5.41) is 0. The van der Waals surface area contributed by atoms with Crippen LogP contribution < -0.4 is 5.73 Å². The quantitative estimate of drug-likeness (QED) is 0.937. The predicted octanol–water partition coefficient (Wildman–Crippen LogP) is 2.74. The molecule has 0 aliphatic heterocycles. The Labute approximate surface area is 116 Å². The molecule has 1 aliphatic rings. The zero-order valence-corrected chi connectivity index (χ0v) is 11.1. The maximum atomic E-state index is 13.2. The third kappa shape index (κ3) is 2.45. The Morgan fingerprint density at radius 1 is 1.20 bits per heavy atom. The Morgan fingerprint density at radius 3 is 2.80 bits per heavy atom. The number of imidazole rings is 1. The van der Waals surface area contributed by atoms with Crippen LogP contribution in [-0.2, 0) is 19.4 Å². The van der Waals surface area contributed by atoms with Crippen LogP contribution in [0.15, 0.2) is 24.5 Å². The highest BCUT2D eigenvalue weighted by Gasteiger charge is 2.17. The van der Waals surface area contributed by atoms with Gasteiger partial charge < -0.3 is 10.3 Å². The van der Waals surface area contributed by atoms with Gasteiger partial charge in [-0.3, -0.25) is 0 Å². The highest BCUT2D eigenvalue weighted by Crippen LogP contribution is 2.22. The van der Waals surface area contributed by atoms with Crippen molar-refractivity contribution in [1.29, 1.82) is 0 Å². The maximum Gasteiger partial charge on any atom is 0.159 e. The van der Waals surface area contributed by atoms with Crippen LogP contribution in [0.5, 0.6) is 0 Å². The first-order chi connectivity index (χ1) is 9.65. The Morgan fingerprint density at radius 2 is 2.00 bits per heavy atom. The van der Waals surface area contributed by atoms with Gasteiger partial charge in [-0.05, 0) is 43.4 Å². The molecule has 3 rings (SSSR count). The van der Waals surface area contributed by atoms with Gasteiger partial charge >= 0.3 is 0 Å². The number of fused-ring (bicyclic) bond motifs is 1. The van der Waals surface area contributed by atoms with Crippen LogP contribution in [0.1, 0.15) is 35.8 Å². The molecule has 3 nitrogen and oxygen atoms in total. The molecule has 106 valence electrons. The van der Waals surface area contributed by atoms with Crippen molar-refractivity contribution < 1.29 is 8.78 Å². The lowest BCUT2D eigenvalue weighted by Gasteiger charge is -2.18. The molecule has 0 radical (unpaired) electrons. The van der Waals surface area contributed by atoms with Crippen molar-refractivity contribution in [2.45, 2.75) is 38.3 Å². The first-order valence-corrected chi connectivity index (χ1v) is 6.88. The number of nitrogens with two attached hydrogens (primary N) is 1. The van der Waals surface area contributed by atoms with Crippen LogP contribution in [0.3, 0.4) is 0 Å². The number of hydrogen-bond donors (Lipinski definition) is 1. The van der Waals surface area contributed by atoms with E-state index in [4.69, 9.17) is 5.73 Å². The number of halogens is 2. The molecule has 0 saturated heterocycles. The first kappa shape index (κ1) is 13.2. The van der Waals surface area contributed by atoms with Gasteiger partial charge in [0.15, 0.2) is 11.6 Å². The summed E-state index contributed by atoms with van der Waals surface area (Å²) in [5.74, 6) is -1.70. The fraction of sp³-hybridized carbons (Fsp3) is 0.400. The van der Waals surface area contributed by atoms with E-state index < -0.39 is 11.6 Å². The summed E-state index contributed by atoms with van der Waals surface area (Å²) < 4.78 is 28.2. The Hall–Kier alpha value is -1.75. The zero-order valence-electron chi connectivity index (χ0n) is 11.1. The highest BCUT2D eigenvalue weighted by molar-refractivity contribution is 5.22. The van der Waals surface area contributed by atoms with Crippen LogP contribution in [0.4, 0.5) is 8.78 Å². The van der Waals surface area contributed by atoms with Crippen molar-refractivity contribution in [3.8, 4) is 0 Å². The average molecular weight is 277 g/mol. The third-order valence-corrected chi connectivity index (χ3v) is 3.88. The Balaban J connectivity index is 1.80. The summed E-state index contributed by atoms with van der Waals surface area (Å²) in [6.07, 6.45) is 6.18. The van der Waals surface area contributed by atoms with Crippen LogP contribution in [0, 0.1) is 11.6 Å². The average Bonchev–Trinajstić information content (AvgIpc) is 2.85. The second kappa shape index (κ2) is 5.32. The van der Waals surface area contributed by atoms with E-state index >= 15 is 0 Å². The maximum absolute atomic E-state index is 13.2. The largest absolute Gasteiger partial charge is 0.332 e. The van der Waals surface area contributed by atoms with E-state index in [1.165, 1.54) is 30.7 Å². The van der Waals surface area contributed by atoms with E-state index in [-0.39, 0.29) is 6.04 Å². The van der Waals surface area contributed by atoms with Gasteiger partial charge in [-0.25, -0.2) is 13.8 Å². The fourth-order valence-corrected chi connectivity index (χ4v) is 2.75.